The smallest absolute Gasteiger partial charge is 0.356 e. The zero-order chi connectivity index (χ0) is 16.2. The molecular weight excluding hydrogens is 296 g/mol. The highest BCUT2D eigenvalue weighted by Gasteiger charge is 2.33. The van der Waals surface area contributed by atoms with Gasteiger partial charge in [0.15, 0.2) is 5.69 Å². The van der Waals surface area contributed by atoms with Crippen molar-refractivity contribution in [1.29, 1.82) is 0 Å². The number of amides is 1. The Kier molecular flexibility index (Phi) is 4.73. The highest BCUT2D eigenvalue weighted by atomic mass is 16.4. The van der Waals surface area contributed by atoms with Crippen molar-refractivity contribution >= 4 is 17.7 Å². The predicted octanol–water partition coefficient (Wildman–Crippen LogP) is 1.77. The Balaban J connectivity index is 1.53. The second kappa shape index (κ2) is 6.93. The number of hydrogen-bond acceptors (Lipinski definition) is 5. The molecule has 1 aliphatic carbocycles. The van der Waals surface area contributed by atoms with Gasteiger partial charge in [-0.15, -0.1) is 0 Å². The van der Waals surface area contributed by atoms with Gasteiger partial charge in [0.25, 0.3) is 0 Å². The van der Waals surface area contributed by atoms with Crippen molar-refractivity contribution in [3.63, 3.8) is 0 Å². The average molecular weight is 318 g/mol. The molecule has 1 saturated heterocycles. The molecule has 0 spiro atoms. The molecule has 0 bridgehead atoms. The standard InChI is InChI=1S/C16H22N4O3/c21-15(20-6-2-1-3-7-20)11-4-5-12(8-11)19-14-10-17-13(9-18-14)16(22)23/h9-12H,1-8H2,(H,18,19)(H,22,23)/t11-,12+/m1/s1. The maximum atomic E-state index is 12.5. The Morgan fingerprint density at radius 2 is 1.91 bits per heavy atom. The van der Waals surface area contributed by atoms with Crippen molar-refractivity contribution in [3.05, 3.63) is 18.1 Å². The Bertz CT molecular complexity index is 569. The number of carboxylic acids is 1. The van der Waals surface area contributed by atoms with E-state index in [0.717, 1.165) is 45.2 Å². The maximum Gasteiger partial charge on any atom is 0.356 e. The van der Waals surface area contributed by atoms with Crippen molar-refractivity contribution in [2.75, 3.05) is 18.4 Å². The molecule has 2 fully saturated rings. The minimum atomic E-state index is -1.09. The van der Waals surface area contributed by atoms with Gasteiger partial charge in [-0.2, -0.15) is 0 Å². The molecule has 7 heteroatoms. The minimum Gasteiger partial charge on any atom is -0.476 e. The first-order chi connectivity index (χ1) is 11.1. The highest BCUT2D eigenvalue weighted by Crippen LogP contribution is 2.30. The molecule has 23 heavy (non-hydrogen) atoms. The summed E-state index contributed by atoms with van der Waals surface area (Å²) in [5, 5.41) is 12.1. The van der Waals surface area contributed by atoms with E-state index in [4.69, 9.17) is 5.11 Å². The summed E-state index contributed by atoms with van der Waals surface area (Å²) in [4.78, 5) is 33.2. The van der Waals surface area contributed by atoms with Gasteiger partial charge in [0.05, 0.1) is 12.4 Å². The van der Waals surface area contributed by atoms with E-state index < -0.39 is 5.97 Å². The van der Waals surface area contributed by atoms with Crippen LogP contribution in [-0.4, -0.2) is 51.0 Å². The number of hydrogen-bond donors (Lipinski definition) is 2. The summed E-state index contributed by atoms with van der Waals surface area (Å²) in [5.74, 6) is -0.138. The third kappa shape index (κ3) is 3.78. The second-order valence-electron chi connectivity index (χ2n) is 6.33. The molecule has 2 aliphatic rings. The fourth-order valence-corrected chi connectivity index (χ4v) is 3.43. The third-order valence-corrected chi connectivity index (χ3v) is 4.67. The van der Waals surface area contributed by atoms with E-state index >= 15 is 0 Å². The van der Waals surface area contributed by atoms with Crippen LogP contribution in [0.1, 0.15) is 49.0 Å². The maximum absolute atomic E-state index is 12.5. The van der Waals surface area contributed by atoms with Gasteiger partial charge in [0.1, 0.15) is 5.82 Å². The van der Waals surface area contributed by atoms with Gasteiger partial charge < -0.3 is 15.3 Å². The van der Waals surface area contributed by atoms with E-state index in [9.17, 15) is 9.59 Å². The van der Waals surface area contributed by atoms with Crippen LogP contribution in [0, 0.1) is 5.92 Å². The van der Waals surface area contributed by atoms with E-state index in [-0.39, 0.29) is 17.7 Å². The van der Waals surface area contributed by atoms with Crippen molar-refractivity contribution < 1.29 is 14.7 Å². The molecule has 1 aromatic rings. The molecule has 2 N–H and O–H groups in total. The first-order valence-corrected chi connectivity index (χ1v) is 8.24. The fraction of sp³-hybridized carbons (Fsp3) is 0.625. The monoisotopic (exact) mass is 318 g/mol. The van der Waals surface area contributed by atoms with Gasteiger partial charge in [0, 0.05) is 25.0 Å². The topological polar surface area (TPSA) is 95.4 Å². The number of aromatic carboxylic acids is 1. The number of carboxylic acid groups (broad SMARTS) is 1. The van der Waals surface area contributed by atoms with Gasteiger partial charge in [-0.05, 0) is 38.5 Å². The zero-order valence-electron chi connectivity index (χ0n) is 13.1. The fourth-order valence-electron chi connectivity index (χ4n) is 3.43. The molecule has 1 aromatic heterocycles. The van der Waals surface area contributed by atoms with Gasteiger partial charge in [0.2, 0.25) is 5.91 Å². The van der Waals surface area contributed by atoms with Crippen LogP contribution in [0.15, 0.2) is 12.4 Å². The number of rotatable bonds is 4. The molecule has 0 radical (unpaired) electrons. The first kappa shape index (κ1) is 15.7. The summed E-state index contributed by atoms with van der Waals surface area (Å²) in [6.07, 6.45) is 8.76. The summed E-state index contributed by atoms with van der Waals surface area (Å²) < 4.78 is 0. The number of nitrogens with zero attached hydrogens (tertiary/aromatic N) is 3. The molecule has 3 rings (SSSR count). The second-order valence-corrected chi connectivity index (χ2v) is 6.33. The highest BCUT2D eigenvalue weighted by molar-refractivity contribution is 5.84. The van der Waals surface area contributed by atoms with Gasteiger partial charge >= 0.3 is 5.97 Å². The van der Waals surface area contributed by atoms with E-state index in [1.54, 1.807) is 0 Å². The van der Waals surface area contributed by atoms with Crippen molar-refractivity contribution in [2.45, 2.75) is 44.6 Å². The normalized spacial score (nSPS) is 24.4. The third-order valence-electron chi connectivity index (χ3n) is 4.67. The number of aromatic nitrogens is 2. The van der Waals surface area contributed by atoms with Gasteiger partial charge in [-0.25, -0.2) is 14.8 Å². The number of nitrogens with one attached hydrogen (secondary N) is 1. The summed E-state index contributed by atoms with van der Waals surface area (Å²) in [6, 6.07) is 0.193. The number of carbonyl (C=O) groups excluding carboxylic acids is 1. The average Bonchev–Trinajstić information content (AvgIpc) is 3.04. The lowest BCUT2D eigenvalue weighted by Gasteiger charge is -2.29. The molecule has 7 nitrogen and oxygen atoms in total. The Morgan fingerprint density at radius 1 is 1.13 bits per heavy atom. The minimum absolute atomic E-state index is 0.0693. The van der Waals surface area contributed by atoms with Gasteiger partial charge in [-0.1, -0.05) is 0 Å². The number of anilines is 1. The van der Waals surface area contributed by atoms with Crippen molar-refractivity contribution in [1.82, 2.24) is 14.9 Å². The molecule has 124 valence electrons. The quantitative estimate of drug-likeness (QED) is 0.878. The molecule has 0 aromatic carbocycles. The number of likely N-dealkylation sites (tertiary alicyclic amines) is 1. The van der Waals surface area contributed by atoms with Crippen LogP contribution in [0.4, 0.5) is 5.82 Å². The Morgan fingerprint density at radius 3 is 2.57 bits per heavy atom. The molecular formula is C16H22N4O3. The molecule has 1 amide bonds. The summed E-state index contributed by atoms with van der Waals surface area (Å²) in [7, 11) is 0. The molecule has 2 atom stereocenters. The van der Waals surface area contributed by atoms with Crippen LogP contribution < -0.4 is 5.32 Å². The van der Waals surface area contributed by atoms with Crippen LogP contribution in [0.3, 0.4) is 0 Å². The van der Waals surface area contributed by atoms with E-state index in [2.05, 4.69) is 15.3 Å². The molecule has 0 unspecified atom stereocenters. The largest absolute Gasteiger partial charge is 0.476 e. The number of piperidine rings is 1. The Hall–Kier alpha value is -2.18. The van der Waals surface area contributed by atoms with Gasteiger partial charge in [-0.3, -0.25) is 4.79 Å². The van der Waals surface area contributed by atoms with Crippen LogP contribution in [0.2, 0.25) is 0 Å². The lowest BCUT2D eigenvalue weighted by molar-refractivity contribution is -0.136. The van der Waals surface area contributed by atoms with Crippen LogP contribution in [0.5, 0.6) is 0 Å². The van der Waals surface area contributed by atoms with Crippen LogP contribution in [-0.2, 0) is 4.79 Å². The van der Waals surface area contributed by atoms with Crippen LogP contribution in [0.25, 0.3) is 0 Å². The first-order valence-electron chi connectivity index (χ1n) is 8.24. The SMILES string of the molecule is O=C(O)c1cnc(N[C@H]2CC[C@@H](C(=O)N3CCCCC3)C2)cn1. The summed E-state index contributed by atoms with van der Waals surface area (Å²) >= 11 is 0. The van der Waals surface area contributed by atoms with Crippen molar-refractivity contribution in [2.24, 2.45) is 5.92 Å². The van der Waals surface area contributed by atoms with E-state index in [0.29, 0.717) is 11.7 Å². The Labute approximate surface area is 135 Å². The van der Waals surface area contributed by atoms with Crippen molar-refractivity contribution in [3.8, 4) is 0 Å². The summed E-state index contributed by atoms with van der Waals surface area (Å²) in [5.41, 5.74) is -0.0693. The predicted molar refractivity (Wildman–Crippen MR) is 84.2 cm³/mol. The van der Waals surface area contributed by atoms with E-state index in [1.807, 2.05) is 4.90 Å². The van der Waals surface area contributed by atoms with Crippen LogP contribution >= 0.6 is 0 Å². The van der Waals surface area contributed by atoms with E-state index in [1.165, 1.54) is 18.8 Å². The lowest BCUT2D eigenvalue weighted by Crippen LogP contribution is -2.39. The molecule has 2 heterocycles. The molecule has 1 aliphatic heterocycles. The molecule has 1 saturated carbocycles. The lowest BCUT2D eigenvalue weighted by atomic mass is 10.0. The zero-order valence-corrected chi connectivity index (χ0v) is 13.1. The number of carbonyl (C=O) groups is 2. The summed E-state index contributed by atoms with van der Waals surface area (Å²) in [6.45, 7) is 1.80.